The summed E-state index contributed by atoms with van der Waals surface area (Å²) in [5.74, 6) is -0.912. The summed E-state index contributed by atoms with van der Waals surface area (Å²) in [6.45, 7) is 0.515. The van der Waals surface area contributed by atoms with Crippen LogP contribution in [0.25, 0.3) is 0 Å². The van der Waals surface area contributed by atoms with E-state index in [0.717, 1.165) is 0 Å². The largest absolute Gasteiger partial charge is 0.325 e. The number of hydrogen-bond acceptors (Lipinski definition) is 3. The van der Waals surface area contributed by atoms with Crippen LogP contribution in [0.1, 0.15) is 12.8 Å². The minimum Gasteiger partial charge on any atom is -0.325 e. The molecule has 1 saturated heterocycles. The fourth-order valence-corrected chi connectivity index (χ4v) is 4.99. The Kier molecular flexibility index (Phi) is 6.20. The first-order valence-corrected chi connectivity index (χ1v) is 10.9. The van der Waals surface area contributed by atoms with Crippen LogP contribution in [0, 0.1) is 11.7 Å². The average Bonchev–Trinajstić information content (AvgIpc) is 2.64. The van der Waals surface area contributed by atoms with Gasteiger partial charge in [0.25, 0.3) is 0 Å². The molecule has 0 aromatic heterocycles. The van der Waals surface area contributed by atoms with Gasteiger partial charge in [0.15, 0.2) is 0 Å². The molecule has 3 rings (SSSR count). The molecule has 5 nitrogen and oxygen atoms in total. The van der Waals surface area contributed by atoms with Crippen molar-refractivity contribution in [1.82, 2.24) is 4.31 Å². The second kappa shape index (κ2) is 8.26. The number of benzene rings is 2. The monoisotopic (exact) mass is 474 g/mol. The van der Waals surface area contributed by atoms with E-state index in [4.69, 9.17) is 11.6 Å². The second-order valence-electron chi connectivity index (χ2n) is 6.25. The highest BCUT2D eigenvalue weighted by atomic mass is 79.9. The first-order chi connectivity index (χ1) is 12.8. The summed E-state index contributed by atoms with van der Waals surface area (Å²) < 4.78 is 40.4. The van der Waals surface area contributed by atoms with E-state index >= 15 is 0 Å². The zero-order valence-electron chi connectivity index (χ0n) is 14.2. The van der Waals surface area contributed by atoms with Gasteiger partial charge < -0.3 is 5.32 Å². The van der Waals surface area contributed by atoms with Crippen LogP contribution in [0.15, 0.2) is 51.8 Å². The molecule has 1 aliphatic rings. The highest BCUT2D eigenvalue weighted by Crippen LogP contribution is 2.28. The quantitative estimate of drug-likeness (QED) is 0.718. The SMILES string of the molecule is O=C(Nc1ccc(F)cc1Br)C1CCN(S(=O)(=O)c2ccc(Cl)cc2)CC1. The summed E-state index contributed by atoms with van der Waals surface area (Å²) in [7, 11) is -3.60. The highest BCUT2D eigenvalue weighted by molar-refractivity contribution is 9.10. The van der Waals surface area contributed by atoms with E-state index < -0.39 is 15.8 Å². The molecule has 0 bridgehead atoms. The van der Waals surface area contributed by atoms with Crippen molar-refractivity contribution in [1.29, 1.82) is 0 Å². The fraction of sp³-hybridized carbons (Fsp3) is 0.278. The van der Waals surface area contributed by atoms with E-state index in [1.54, 1.807) is 0 Å². The third kappa shape index (κ3) is 4.68. The van der Waals surface area contributed by atoms with Crippen molar-refractivity contribution in [2.45, 2.75) is 17.7 Å². The Labute approximate surface area is 170 Å². The number of carbonyl (C=O) groups excluding carboxylic acids is 1. The normalized spacial score (nSPS) is 16.3. The van der Waals surface area contributed by atoms with Gasteiger partial charge in [-0.05, 0) is 71.2 Å². The topological polar surface area (TPSA) is 66.5 Å². The third-order valence-electron chi connectivity index (χ3n) is 4.47. The van der Waals surface area contributed by atoms with E-state index in [-0.39, 0.29) is 29.8 Å². The van der Waals surface area contributed by atoms with Crippen molar-refractivity contribution < 1.29 is 17.6 Å². The van der Waals surface area contributed by atoms with Crippen LogP contribution in [-0.4, -0.2) is 31.7 Å². The Balaban J connectivity index is 1.62. The van der Waals surface area contributed by atoms with Crippen LogP contribution in [-0.2, 0) is 14.8 Å². The predicted molar refractivity (Wildman–Crippen MR) is 106 cm³/mol. The fourth-order valence-electron chi connectivity index (χ4n) is 2.94. The second-order valence-corrected chi connectivity index (χ2v) is 9.47. The Morgan fingerprint density at radius 2 is 1.78 bits per heavy atom. The van der Waals surface area contributed by atoms with Gasteiger partial charge in [0.05, 0.1) is 10.6 Å². The molecule has 1 heterocycles. The van der Waals surface area contributed by atoms with E-state index in [0.29, 0.717) is 28.0 Å². The lowest BCUT2D eigenvalue weighted by molar-refractivity contribution is -0.120. The van der Waals surface area contributed by atoms with Crippen molar-refractivity contribution in [3.8, 4) is 0 Å². The Morgan fingerprint density at radius 1 is 1.15 bits per heavy atom. The van der Waals surface area contributed by atoms with Crippen LogP contribution in [0.5, 0.6) is 0 Å². The molecular weight excluding hydrogens is 459 g/mol. The number of amides is 1. The lowest BCUT2D eigenvalue weighted by Crippen LogP contribution is -2.41. The number of carbonyl (C=O) groups is 1. The molecule has 1 amide bonds. The Hall–Kier alpha value is -1.48. The van der Waals surface area contributed by atoms with Gasteiger partial charge in [-0.3, -0.25) is 4.79 Å². The van der Waals surface area contributed by atoms with Gasteiger partial charge in [0, 0.05) is 28.5 Å². The lowest BCUT2D eigenvalue weighted by Gasteiger charge is -2.30. The van der Waals surface area contributed by atoms with Crippen molar-refractivity contribution in [3.63, 3.8) is 0 Å². The molecule has 0 unspecified atom stereocenters. The zero-order valence-corrected chi connectivity index (χ0v) is 17.3. The van der Waals surface area contributed by atoms with Crippen LogP contribution in [0.3, 0.4) is 0 Å². The number of anilines is 1. The van der Waals surface area contributed by atoms with Gasteiger partial charge in [-0.1, -0.05) is 11.6 Å². The molecule has 144 valence electrons. The third-order valence-corrected chi connectivity index (χ3v) is 7.29. The molecule has 0 radical (unpaired) electrons. The van der Waals surface area contributed by atoms with Gasteiger partial charge in [-0.15, -0.1) is 0 Å². The van der Waals surface area contributed by atoms with Crippen LogP contribution < -0.4 is 5.32 Å². The molecule has 1 aliphatic heterocycles. The molecular formula is C18H17BrClFN2O3S. The molecule has 1 fully saturated rings. The first kappa shape index (κ1) is 20.3. The number of sulfonamides is 1. The molecule has 1 N–H and O–H groups in total. The van der Waals surface area contributed by atoms with Crippen LogP contribution in [0.2, 0.25) is 5.02 Å². The van der Waals surface area contributed by atoms with Crippen LogP contribution >= 0.6 is 27.5 Å². The highest BCUT2D eigenvalue weighted by Gasteiger charge is 2.32. The number of nitrogens with zero attached hydrogens (tertiary/aromatic N) is 1. The molecule has 0 saturated carbocycles. The van der Waals surface area contributed by atoms with Gasteiger partial charge >= 0.3 is 0 Å². The van der Waals surface area contributed by atoms with E-state index in [1.807, 2.05) is 0 Å². The molecule has 2 aromatic carbocycles. The molecule has 0 spiro atoms. The van der Waals surface area contributed by atoms with Crippen molar-refractivity contribution in [2.75, 3.05) is 18.4 Å². The van der Waals surface area contributed by atoms with Crippen molar-refractivity contribution >= 4 is 49.1 Å². The summed E-state index contributed by atoms with van der Waals surface area (Å²) in [6.07, 6.45) is 0.828. The minimum atomic E-state index is -3.60. The first-order valence-electron chi connectivity index (χ1n) is 8.29. The molecule has 0 atom stereocenters. The number of hydrogen-bond donors (Lipinski definition) is 1. The summed E-state index contributed by atoms with van der Waals surface area (Å²) >= 11 is 9.03. The number of rotatable bonds is 4. The number of nitrogens with one attached hydrogen (secondary N) is 1. The number of halogens is 3. The summed E-state index contributed by atoms with van der Waals surface area (Å²) in [5.41, 5.74) is 0.484. The molecule has 2 aromatic rings. The van der Waals surface area contributed by atoms with Gasteiger partial charge in [-0.25, -0.2) is 12.8 Å². The minimum absolute atomic E-state index is 0.185. The summed E-state index contributed by atoms with van der Waals surface area (Å²) in [6, 6.07) is 10.0. The maximum absolute atomic E-state index is 13.1. The predicted octanol–water partition coefficient (Wildman–Crippen LogP) is 4.28. The molecule has 27 heavy (non-hydrogen) atoms. The summed E-state index contributed by atoms with van der Waals surface area (Å²) in [5, 5.41) is 3.23. The average molecular weight is 476 g/mol. The smallest absolute Gasteiger partial charge is 0.243 e. The van der Waals surface area contributed by atoms with Gasteiger partial charge in [0.1, 0.15) is 5.82 Å². The van der Waals surface area contributed by atoms with Gasteiger partial charge in [-0.2, -0.15) is 4.31 Å². The lowest BCUT2D eigenvalue weighted by atomic mass is 9.97. The Bertz CT molecular complexity index is 946. The van der Waals surface area contributed by atoms with E-state index in [9.17, 15) is 17.6 Å². The van der Waals surface area contributed by atoms with Gasteiger partial charge in [0.2, 0.25) is 15.9 Å². The standard InChI is InChI=1S/C18H17BrClFN2O3S/c19-16-11-14(21)3-6-17(16)22-18(24)12-7-9-23(10-8-12)27(25,26)15-4-1-13(20)2-5-15/h1-6,11-12H,7-10H2,(H,22,24). The van der Waals surface area contributed by atoms with Crippen LogP contribution in [0.4, 0.5) is 10.1 Å². The van der Waals surface area contributed by atoms with Crippen molar-refractivity contribution in [2.24, 2.45) is 5.92 Å². The number of piperidine rings is 1. The maximum Gasteiger partial charge on any atom is 0.243 e. The summed E-state index contributed by atoms with van der Waals surface area (Å²) in [4.78, 5) is 12.6. The van der Waals surface area contributed by atoms with E-state index in [1.165, 1.54) is 46.8 Å². The maximum atomic E-state index is 13.1. The molecule has 9 heteroatoms. The zero-order chi connectivity index (χ0) is 19.6. The van der Waals surface area contributed by atoms with Crippen molar-refractivity contribution in [3.05, 3.63) is 57.8 Å². The molecule has 0 aliphatic carbocycles. The van der Waals surface area contributed by atoms with E-state index in [2.05, 4.69) is 21.2 Å². The Morgan fingerprint density at radius 3 is 2.37 bits per heavy atom.